The highest BCUT2D eigenvalue weighted by atomic mass is 16.5. The molecule has 2 aromatic carbocycles. The van der Waals surface area contributed by atoms with E-state index in [0.717, 1.165) is 50.5 Å². The largest absolute Gasteiger partial charge is 0.497 e. The number of benzene rings is 2. The Morgan fingerprint density at radius 2 is 1.85 bits per heavy atom. The summed E-state index contributed by atoms with van der Waals surface area (Å²) in [5, 5.41) is 8.72. The summed E-state index contributed by atoms with van der Waals surface area (Å²) in [5.74, 6) is 1.23. The first kappa shape index (κ1) is 23.3. The van der Waals surface area contributed by atoms with Crippen LogP contribution in [-0.2, 0) is 11.2 Å². The first-order valence-electron chi connectivity index (χ1n) is 11.4. The zero-order valence-electron chi connectivity index (χ0n) is 20.3. The number of pyridine rings is 1. The molecule has 0 fully saturated rings. The average Bonchev–Trinajstić information content (AvgIpc) is 3.16. The molecular weight excluding hydrogens is 428 g/mol. The molecular formula is C27H30N4O3. The summed E-state index contributed by atoms with van der Waals surface area (Å²) in [6.07, 6.45) is 0.826. The molecule has 0 aliphatic carbocycles. The van der Waals surface area contributed by atoms with Crippen LogP contribution in [0.25, 0.3) is 16.7 Å². The van der Waals surface area contributed by atoms with Crippen LogP contribution >= 0.6 is 0 Å². The van der Waals surface area contributed by atoms with Gasteiger partial charge in [-0.15, -0.1) is 0 Å². The van der Waals surface area contributed by atoms with Gasteiger partial charge in [0.15, 0.2) is 5.65 Å². The van der Waals surface area contributed by atoms with E-state index in [4.69, 9.17) is 19.6 Å². The van der Waals surface area contributed by atoms with E-state index in [9.17, 15) is 4.79 Å². The lowest BCUT2D eigenvalue weighted by molar-refractivity contribution is -0.116. The Morgan fingerprint density at radius 1 is 1.09 bits per heavy atom. The second-order valence-corrected chi connectivity index (χ2v) is 8.27. The Morgan fingerprint density at radius 3 is 2.53 bits per heavy atom. The maximum absolute atomic E-state index is 12.7. The molecule has 4 rings (SSSR count). The standard InChI is InChI=1S/C27H30N4O3/c1-6-34-27-23(14-15-24(32)28-20-10-12-22(33-5)13-11-20)18(3)25-19(4)30-31(26(25)29-27)21-9-7-8-17(2)16-21/h7-13,16H,6,14-15H2,1-5H3,(H,28,32). The fourth-order valence-electron chi connectivity index (χ4n) is 4.16. The molecule has 0 unspecified atom stereocenters. The van der Waals surface area contributed by atoms with E-state index in [2.05, 4.69) is 31.3 Å². The van der Waals surface area contributed by atoms with E-state index >= 15 is 0 Å². The molecule has 176 valence electrons. The van der Waals surface area contributed by atoms with Crippen molar-refractivity contribution in [1.82, 2.24) is 14.8 Å². The lowest BCUT2D eigenvalue weighted by Gasteiger charge is -2.14. The molecule has 0 saturated carbocycles. The van der Waals surface area contributed by atoms with E-state index in [1.54, 1.807) is 7.11 Å². The van der Waals surface area contributed by atoms with Crippen LogP contribution in [0.4, 0.5) is 5.69 Å². The molecule has 0 aliphatic heterocycles. The van der Waals surface area contributed by atoms with Gasteiger partial charge >= 0.3 is 0 Å². The number of anilines is 1. The summed E-state index contributed by atoms with van der Waals surface area (Å²) in [6, 6.07) is 15.5. The van der Waals surface area contributed by atoms with Gasteiger partial charge in [-0.2, -0.15) is 10.1 Å². The van der Waals surface area contributed by atoms with Crippen molar-refractivity contribution in [2.45, 2.75) is 40.5 Å². The maximum Gasteiger partial charge on any atom is 0.224 e. The molecule has 0 bridgehead atoms. The molecule has 7 nitrogen and oxygen atoms in total. The Hall–Kier alpha value is -3.87. The summed E-state index contributed by atoms with van der Waals surface area (Å²) in [7, 11) is 1.61. The van der Waals surface area contributed by atoms with E-state index in [1.165, 1.54) is 0 Å². The van der Waals surface area contributed by atoms with Crippen LogP contribution in [0.2, 0.25) is 0 Å². The zero-order valence-corrected chi connectivity index (χ0v) is 20.3. The van der Waals surface area contributed by atoms with Crippen molar-refractivity contribution in [3.63, 3.8) is 0 Å². The van der Waals surface area contributed by atoms with Crippen LogP contribution in [0.1, 0.15) is 35.7 Å². The zero-order chi connectivity index (χ0) is 24.2. The van der Waals surface area contributed by atoms with Gasteiger partial charge in [-0.05, 0) is 81.6 Å². The minimum absolute atomic E-state index is 0.0701. The number of hydrogen-bond donors (Lipinski definition) is 1. The number of carbonyl (C=O) groups is 1. The number of nitrogens with zero attached hydrogens (tertiary/aromatic N) is 3. The van der Waals surface area contributed by atoms with E-state index in [0.29, 0.717) is 25.3 Å². The number of amides is 1. The highest BCUT2D eigenvalue weighted by Gasteiger charge is 2.20. The van der Waals surface area contributed by atoms with Gasteiger partial charge < -0.3 is 14.8 Å². The Kier molecular flexibility index (Phi) is 6.82. The van der Waals surface area contributed by atoms with Gasteiger partial charge in [0.1, 0.15) is 5.75 Å². The molecule has 2 aromatic heterocycles. The Bertz CT molecular complexity index is 1330. The molecule has 1 amide bonds. The van der Waals surface area contributed by atoms with E-state index in [-0.39, 0.29) is 5.91 Å². The Balaban J connectivity index is 1.64. The fraction of sp³-hybridized carbons (Fsp3) is 0.296. The molecule has 0 spiro atoms. The number of aromatic nitrogens is 3. The molecule has 0 aliphatic rings. The summed E-state index contributed by atoms with van der Waals surface area (Å²) >= 11 is 0. The van der Waals surface area contributed by atoms with Crippen LogP contribution in [0.15, 0.2) is 48.5 Å². The number of nitrogens with one attached hydrogen (secondary N) is 1. The van der Waals surface area contributed by atoms with Crippen molar-refractivity contribution in [1.29, 1.82) is 0 Å². The number of fused-ring (bicyclic) bond motifs is 1. The second-order valence-electron chi connectivity index (χ2n) is 8.27. The third-order valence-corrected chi connectivity index (χ3v) is 5.83. The third-order valence-electron chi connectivity index (χ3n) is 5.83. The van der Waals surface area contributed by atoms with E-state index in [1.807, 2.05) is 54.9 Å². The molecule has 0 radical (unpaired) electrons. The monoisotopic (exact) mass is 458 g/mol. The van der Waals surface area contributed by atoms with Gasteiger partial charge in [-0.3, -0.25) is 4.79 Å². The number of hydrogen-bond acceptors (Lipinski definition) is 5. The molecule has 2 heterocycles. The predicted octanol–water partition coefficient (Wildman–Crippen LogP) is 5.32. The van der Waals surface area contributed by atoms with Crippen molar-refractivity contribution in [3.8, 4) is 17.3 Å². The third kappa shape index (κ3) is 4.73. The van der Waals surface area contributed by atoms with Gasteiger partial charge in [-0.1, -0.05) is 12.1 Å². The highest BCUT2D eigenvalue weighted by Crippen LogP contribution is 2.32. The smallest absolute Gasteiger partial charge is 0.224 e. The average molecular weight is 459 g/mol. The van der Waals surface area contributed by atoms with Crippen LogP contribution in [0.5, 0.6) is 11.6 Å². The summed E-state index contributed by atoms with van der Waals surface area (Å²) < 4.78 is 13.0. The maximum atomic E-state index is 12.7. The van der Waals surface area contributed by atoms with Crippen molar-refractivity contribution in [2.75, 3.05) is 19.0 Å². The fourth-order valence-corrected chi connectivity index (χ4v) is 4.16. The first-order chi connectivity index (χ1) is 16.4. The van der Waals surface area contributed by atoms with Crippen LogP contribution in [0.3, 0.4) is 0 Å². The van der Waals surface area contributed by atoms with Gasteiger partial charge in [0, 0.05) is 23.1 Å². The molecule has 1 N–H and O–H groups in total. The first-order valence-corrected chi connectivity index (χ1v) is 11.4. The number of methoxy groups -OCH3 is 1. The number of ether oxygens (including phenoxy) is 2. The molecule has 4 aromatic rings. The quantitative estimate of drug-likeness (QED) is 0.386. The normalized spacial score (nSPS) is 11.0. The SMILES string of the molecule is CCOc1nc2c(c(C)nn2-c2cccc(C)c2)c(C)c1CCC(=O)Nc1ccc(OC)cc1. The minimum atomic E-state index is -0.0701. The molecule has 0 atom stereocenters. The Labute approximate surface area is 199 Å². The summed E-state index contributed by atoms with van der Waals surface area (Å²) in [5.41, 5.74) is 6.48. The van der Waals surface area contributed by atoms with Crippen molar-refractivity contribution in [3.05, 3.63) is 70.9 Å². The predicted molar refractivity (Wildman–Crippen MR) is 134 cm³/mol. The summed E-state index contributed by atoms with van der Waals surface area (Å²) in [4.78, 5) is 17.5. The van der Waals surface area contributed by atoms with Crippen molar-refractivity contribution >= 4 is 22.6 Å². The summed E-state index contributed by atoms with van der Waals surface area (Å²) in [6.45, 7) is 8.52. The number of aryl methyl sites for hydroxylation is 3. The van der Waals surface area contributed by atoms with Gasteiger partial charge in [-0.25, -0.2) is 4.68 Å². The second kappa shape index (κ2) is 9.95. The van der Waals surface area contributed by atoms with Gasteiger partial charge in [0.2, 0.25) is 11.8 Å². The lowest BCUT2D eigenvalue weighted by atomic mass is 10.0. The molecule has 7 heteroatoms. The topological polar surface area (TPSA) is 78.3 Å². The van der Waals surface area contributed by atoms with Crippen LogP contribution in [0, 0.1) is 20.8 Å². The number of rotatable bonds is 8. The minimum Gasteiger partial charge on any atom is -0.497 e. The van der Waals surface area contributed by atoms with Crippen molar-refractivity contribution in [2.24, 2.45) is 0 Å². The van der Waals surface area contributed by atoms with Crippen molar-refractivity contribution < 1.29 is 14.3 Å². The molecule has 0 saturated heterocycles. The lowest BCUT2D eigenvalue weighted by Crippen LogP contribution is -2.13. The van der Waals surface area contributed by atoms with Crippen LogP contribution in [-0.4, -0.2) is 34.4 Å². The van der Waals surface area contributed by atoms with Crippen LogP contribution < -0.4 is 14.8 Å². The van der Waals surface area contributed by atoms with Gasteiger partial charge in [0.25, 0.3) is 0 Å². The highest BCUT2D eigenvalue weighted by molar-refractivity contribution is 5.91. The van der Waals surface area contributed by atoms with Gasteiger partial charge in [0.05, 0.1) is 25.1 Å². The van der Waals surface area contributed by atoms with E-state index < -0.39 is 0 Å². The number of carbonyl (C=O) groups excluding carboxylic acids is 1. The molecule has 34 heavy (non-hydrogen) atoms.